The van der Waals surface area contributed by atoms with Gasteiger partial charge in [0.05, 0.1) is 25.9 Å². The highest BCUT2D eigenvalue weighted by atomic mass is 19.3. The maximum Gasteiger partial charge on any atom is 0.319 e. The fourth-order valence-electron chi connectivity index (χ4n) is 3.82. The molecule has 2 heterocycles. The van der Waals surface area contributed by atoms with Gasteiger partial charge in [-0.1, -0.05) is 0 Å². The van der Waals surface area contributed by atoms with Crippen LogP contribution in [0.5, 0.6) is 0 Å². The molecule has 1 spiro atoms. The van der Waals surface area contributed by atoms with Crippen molar-refractivity contribution in [3.05, 3.63) is 0 Å². The maximum atomic E-state index is 12.9. The number of hydrogen-bond acceptors (Lipinski definition) is 4. The molecular weight excluding hydrogens is 348 g/mol. The Morgan fingerprint density at radius 2 is 2.04 bits per heavy atom. The van der Waals surface area contributed by atoms with Crippen LogP contribution >= 0.6 is 0 Å². The van der Waals surface area contributed by atoms with Crippen molar-refractivity contribution in [1.29, 1.82) is 0 Å². The van der Waals surface area contributed by atoms with E-state index in [2.05, 4.69) is 5.32 Å². The van der Waals surface area contributed by atoms with Crippen LogP contribution in [-0.4, -0.2) is 86.3 Å². The van der Waals surface area contributed by atoms with Crippen molar-refractivity contribution in [2.75, 3.05) is 46.9 Å². The van der Waals surface area contributed by atoms with Crippen molar-refractivity contribution < 1.29 is 27.8 Å². The number of ether oxygens (including phenoxy) is 2. The lowest BCUT2D eigenvalue weighted by atomic mass is 9.81. The van der Waals surface area contributed by atoms with Gasteiger partial charge in [-0.25, -0.2) is 13.6 Å². The van der Waals surface area contributed by atoms with Gasteiger partial charge in [0.1, 0.15) is 5.60 Å². The van der Waals surface area contributed by atoms with Gasteiger partial charge in [0, 0.05) is 45.9 Å². The Morgan fingerprint density at radius 1 is 1.31 bits per heavy atom. The largest absolute Gasteiger partial charge is 0.377 e. The summed E-state index contributed by atoms with van der Waals surface area (Å²) in [5.41, 5.74) is -0.568. The summed E-state index contributed by atoms with van der Waals surface area (Å²) >= 11 is 0. The normalized spacial score (nSPS) is 31.4. The molecule has 26 heavy (non-hydrogen) atoms. The molecule has 7 nitrogen and oxygen atoms in total. The molecule has 2 saturated heterocycles. The summed E-state index contributed by atoms with van der Waals surface area (Å²) < 4.78 is 37.5. The quantitative estimate of drug-likeness (QED) is 0.801. The summed E-state index contributed by atoms with van der Waals surface area (Å²) in [6.07, 6.45) is 0.520. The third kappa shape index (κ3) is 4.25. The van der Waals surface area contributed by atoms with Crippen molar-refractivity contribution >= 4 is 11.9 Å². The van der Waals surface area contributed by atoms with Crippen LogP contribution in [0.15, 0.2) is 0 Å². The number of halogens is 2. The molecule has 0 radical (unpaired) electrons. The third-order valence-electron chi connectivity index (χ3n) is 5.31. The number of nitrogens with one attached hydrogen (secondary N) is 1. The molecule has 2 atom stereocenters. The standard InChI is InChI=1S/C17H27F2N3O4/c1-21(2)15(24)22-5-6-25-11-16(10-22)4-3-13(26-16)9-20-14(23)12-7-17(18,19)8-12/h12-13H,3-11H2,1-2H3,(H,20,23)/t13-,16-/m0/s1. The van der Waals surface area contributed by atoms with E-state index >= 15 is 0 Å². The molecule has 1 aliphatic carbocycles. The van der Waals surface area contributed by atoms with Crippen LogP contribution in [-0.2, 0) is 14.3 Å². The van der Waals surface area contributed by atoms with Crippen LogP contribution in [0.2, 0.25) is 0 Å². The van der Waals surface area contributed by atoms with Crippen molar-refractivity contribution in [3.8, 4) is 0 Å². The van der Waals surface area contributed by atoms with E-state index in [1.165, 1.54) is 4.90 Å². The molecule has 2 aliphatic heterocycles. The highest BCUT2D eigenvalue weighted by molar-refractivity contribution is 5.79. The van der Waals surface area contributed by atoms with Crippen molar-refractivity contribution in [1.82, 2.24) is 15.1 Å². The van der Waals surface area contributed by atoms with Crippen molar-refractivity contribution in [2.24, 2.45) is 5.92 Å². The van der Waals surface area contributed by atoms with Crippen molar-refractivity contribution in [3.63, 3.8) is 0 Å². The summed E-state index contributed by atoms with van der Waals surface area (Å²) in [5.74, 6) is -3.63. The Kier molecular flexibility index (Phi) is 5.39. The molecule has 148 valence electrons. The van der Waals surface area contributed by atoms with E-state index < -0.39 is 17.4 Å². The van der Waals surface area contributed by atoms with Gasteiger partial charge in [-0.05, 0) is 12.8 Å². The molecule has 1 saturated carbocycles. The number of carbonyl (C=O) groups is 2. The van der Waals surface area contributed by atoms with Gasteiger partial charge in [0.15, 0.2) is 0 Å². The zero-order chi connectivity index (χ0) is 18.9. The zero-order valence-electron chi connectivity index (χ0n) is 15.3. The summed E-state index contributed by atoms with van der Waals surface area (Å²) in [6.45, 7) is 2.12. The van der Waals surface area contributed by atoms with E-state index in [4.69, 9.17) is 9.47 Å². The van der Waals surface area contributed by atoms with E-state index in [0.717, 1.165) is 12.8 Å². The van der Waals surface area contributed by atoms with Crippen molar-refractivity contribution in [2.45, 2.75) is 43.3 Å². The number of nitrogens with zero attached hydrogens (tertiary/aromatic N) is 2. The zero-order valence-corrected chi connectivity index (χ0v) is 15.3. The molecule has 9 heteroatoms. The molecule has 3 rings (SSSR count). The highest BCUT2D eigenvalue weighted by Crippen LogP contribution is 2.42. The number of carbonyl (C=O) groups excluding carboxylic acids is 2. The molecule has 0 unspecified atom stereocenters. The van der Waals surface area contributed by atoms with Gasteiger partial charge in [0.2, 0.25) is 11.8 Å². The number of rotatable bonds is 3. The fourth-order valence-corrected chi connectivity index (χ4v) is 3.82. The van der Waals surface area contributed by atoms with Gasteiger partial charge in [-0.2, -0.15) is 0 Å². The lowest BCUT2D eigenvalue weighted by Gasteiger charge is -2.34. The first-order chi connectivity index (χ1) is 12.2. The first kappa shape index (κ1) is 19.3. The first-order valence-electron chi connectivity index (χ1n) is 9.07. The number of amides is 3. The second kappa shape index (κ2) is 7.26. The minimum absolute atomic E-state index is 0.0823. The van der Waals surface area contributed by atoms with Crippen LogP contribution in [0, 0.1) is 5.92 Å². The van der Waals surface area contributed by atoms with E-state index in [1.807, 2.05) is 0 Å². The van der Waals surface area contributed by atoms with E-state index in [1.54, 1.807) is 19.0 Å². The second-order valence-electron chi connectivity index (χ2n) is 7.82. The van der Waals surface area contributed by atoms with E-state index in [9.17, 15) is 18.4 Å². The Balaban J connectivity index is 1.50. The second-order valence-corrected chi connectivity index (χ2v) is 7.82. The summed E-state index contributed by atoms with van der Waals surface area (Å²) in [5, 5.41) is 2.73. The number of hydrogen-bond donors (Lipinski definition) is 1. The fraction of sp³-hybridized carbons (Fsp3) is 0.882. The van der Waals surface area contributed by atoms with Gasteiger partial charge in [-0.3, -0.25) is 4.79 Å². The van der Waals surface area contributed by atoms with Crippen LogP contribution in [0.1, 0.15) is 25.7 Å². The number of alkyl halides is 2. The Morgan fingerprint density at radius 3 is 2.69 bits per heavy atom. The van der Waals surface area contributed by atoms with Crippen LogP contribution < -0.4 is 5.32 Å². The summed E-state index contributed by atoms with van der Waals surface area (Å²) in [4.78, 5) is 27.5. The molecule has 3 amide bonds. The summed E-state index contributed by atoms with van der Waals surface area (Å²) in [7, 11) is 3.41. The minimum Gasteiger partial charge on any atom is -0.377 e. The molecule has 0 aromatic heterocycles. The van der Waals surface area contributed by atoms with Gasteiger partial charge in [0.25, 0.3) is 0 Å². The Labute approximate surface area is 152 Å². The molecule has 3 aliphatic rings. The molecule has 0 aromatic rings. The van der Waals surface area contributed by atoms with E-state index in [-0.39, 0.29) is 30.9 Å². The summed E-state index contributed by atoms with van der Waals surface area (Å²) in [6, 6.07) is -0.0823. The topological polar surface area (TPSA) is 71.1 Å². The molecule has 0 bridgehead atoms. The first-order valence-corrected chi connectivity index (χ1v) is 9.07. The van der Waals surface area contributed by atoms with Crippen LogP contribution in [0.25, 0.3) is 0 Å². The van der Waals surface area contributed by atoms with Crippen LogP contribution in [0.4, 0.5) is 13.6 Å². The monoisotopic (exact) mass is 375 g/mol. The third-order valence-corrected chi connectivity index (χ3v) is 5.31. The maximum absolute atomic E-state index is 12.9. The Hall–Kier alpha value is -1.48. The molecule has 0 aromatic carbocycles. The van der Waals surface area contributed by atoms with E-state index in [0.29, 0.717) is 32.8 Å². The molecule has 1 N–H and O–H groups in total. The molecular formula is C17H27F2N3O4. The lowest BCUT2D eigenvalue weighted by Crippen LogP contribution is -2.50. The predicted octanol–water partition coefficient (Wildman–Crippen LogP) is 1.08. The highest BCUT2D eigenvalue weighted by Gasteiger charge is 2.49. The number of urea groups is 1. The smallest absolute Gasteiger partial charge is 0.319 e. The average Bonchev–Trinajstić information content (AvgIpc) is 2.82. The predicted molar refractivity (Wildman–Crippen MR) is 89.0 cm³/mol. The van der Waals surface area contributed by atoms with Gasteiger partial charge >= 0.3 is 6.03 Å². The lowest BCUT2D eigenvalue weighted by molar-refractivity contribution is -0.151. The Bertz CT molecular complexity index is 552. The van der Waals surface area contributed by atoms with Crippen LogP contribution in [0.3, 0.4) is 0 Å². The minimum atomic E-state index is -2.70. The molecule has 3 fully saturated rings. The average molecular weight is 375 g/mol. The van der Waals surface area contributed by atoms with Gasteiger partial charge in [-0.15, -0.1) is 0 Å². The SMILES string of the molecule is CN(C)C(=O)N1CCOC[C@]2(CC[C@@H](CNC(=O)C3CC(F)(F)C3)O2)C1. The van der Waals surface area contributed by atoms with Gasteiger partial charge < -0.3 is 24.6 Å².